The molecule has 0 aromatic heterocycles. The van der Waals surface area contributed by atoms with Gasteiger partial charge in [0.25, 0.3) is 5.91 Å². The van der Waals surface area contributed by atoms with Crippen LogP contribution >= 0.6 is 23.2 Å². The minimum atomic E-state index is -0.771. The molecular weight excluding hydrogens is 493 g/mol. The Bertz CT molecular complexity index is 1270. The quantitative estimate of drug-likeness (QED) is 0.398. The van der Waals surface area contributed by atoms with Crippen molar-refractivity contribution in [1.29, 1.82) is 0 Å². The summed E-state index contributed by atoms with van der Waals surface area (Å²) in [6.45, 7) is 2.86. The molecule has 1 spiro atoms. The van der Waals surface area contributed by atoms with Gasteiger partial charge in [-0.05, 0) is 79.5 Å². The molecule has 1 fully saturated rings. The predicted octanol–water partition coefficient (Wildman–Crippen LogP) is 6.47. The van der Waals surface area contributed by atoms with Crippen molar-refractivity contribution in [1.82, 2.24) is 4.90 Å². The lowest BCUT2D eigenvalue weighted by atomic mass is 9.74. The fraction of sp³-hybridized carbons (Fsp3) is 0.296. The number of halogens is 4. The summed E-state index contributed by atoms with van der Waals surface area (Å²) in [7, 11) is 1.61. The Kier molecular flexibility index (Phi) is 6.47. The normalized spacial score (nSPS) is 17.0. The number of amides is 1. The van der Waals surface area contributed by atoms with E-state index in [4.69, 9.17) is 27.9 Å². The van der Waals surface area contributed by atoms with E-state index in [0.717, 1.165) is 67.5 Å². The number of ether oxygens (including phenoxy) is 1. The molecule has 2 aliphatic rings. The molecule has 1 amide bonds. The van der Waals surface area contributed by atoms with Crippen LogP contribution in [0.25, 0.3) is 0 Å². The minimum Gasteiger partial charge on any atom is -0.497 e. The first-order valence-electron chi connectivity index (χ1n) is 11.4. The van der Waals surface area contributed by atoms with Crippen LogP contribution in [0.4, 0.5) is 14.5 Å². The number of hydrogen-bond donors (Lipinski definition) is 0. The third-order valence-corrected chi connectivity index (χ3v) is 7.82. The largest absolute Gasteiger partial charge is 0.497 e. The lowest BCUT2D eigenvalue weighted by molar-refractivity contribution is 0.0974. The molecule has 3 aromatic rings. The Morgan fingerprint density at radius 2 is 1.69 bits per heavy atom. The maximum atomic E-state index is 13.8. The summed E-state index contributed by atoms with van der Waals surface area (Å²) in [6.07, 6.45) is 1.66. The summed E-state index contributed by atoms with van der Waals surface area (Å²) < 4.78 is 33.1. The zero-order valence-corrected chi connectivity index (χ0v) is 20.7. The van der Waals surface area contributed by atoms with Gasteiger partial charge in [-0.3, -0.25) is 9.69 Å². The fourth-order valence-electron chi connectivity index (χ4n) is 5.25. The van der Waals surface area contributed by atoms with E-state index in [0.29, 0.717) is 22.3 Å². The summed E-state index contributed by atoms with van der Waals surface area (Å²) >= 11 is 12.2. The zero-order chi connectivity index (χ0) is 24.7. The number of rotatable bonds is 4. The smallest absolute Gasteiger partial charge is 0.258 e. The number of piperidine rings is 1. The Labute approximate surface area is 213 Å². The molecule has 0 radical (unpaired) electrons. The van der Waals surface area contributed by atoms with Gasteiger partial charge in [0.2, 0.25) is 0 Å². The van der Waals surface area contributed by atoms with Crippen molar-refractivity contribution in [3.05, 3.63) is 93.0 Å². The number of carbonyl (C=O) groups is 1. The highest BCUT2D eigenvalue weighted by Gasteiger charge is 2.46. The van der Waals surface area contributed by atoms with E-state index in [-0.39, 0.29) is 11.0 Å². The fourth-order valence-corrected chi connectivity index (χ4v) is 5.57. The standard InChI is InChI=1S/C27H24Cl2F2N2O2/c1-35-21-3-5-25-22(14-21)27(16-33(25)26(34)18-11-19(30)13-20(31)12-18)6-8-32(9-7-27)15-17-2-4-23(28)24(29)10-17/h2-5,10-14H,6-9,15-16H2,1H3. The molecule has 8 heteroatoms. The molecule has 0 atom stereocenters. The molecule has 2 heterocycles. The van der Waals surface area contributed by atoms with Gasteiger partial charge in [-0.15, -0.1) is 0 Å². The molecule has 35 heavy (non-hydrogen) atoms. The summed E-state index contributed by atoms with van der Waals surface area (Å²) in [5.41, 5.74) is 2.63. The number of nitrogens with zero attached hydrogens (tertiary/aromatic N) is 2. The molecule has 4 nitrogen and oxygen atoms in total. The summed E-state index contributed by atoms with van der Waals surface area (Å²) in [5, 5.41) is 1.07. The second-order valence-electron chi connectivity index (χ2n) is 9.24. The van der Waals surface area contributed by atoms with Crippen molar-refractivity contribution in [3.63, 3.8) is 0 Å². The van der Waals surface area contributed by atoms with Gasteiger partial charge in [0.05, 0.1) is 17.2 Å². The molecule has 0 bridgehead atoms. The highest BCUT2D eigenvalue weighted by Crippen LogP contribution is 2.49. The van der Waals surface area contributed by atoms with E-state index in [1.54, 1.807) is 12.0 Å². The van der Waals surface area contributed by atoms with Crippen molar-refractivity contribution >= 4 is 34.8 Å². The highest BCUT2D eigenvalue weighted by molar-refractivity contribution is 6.42. The van der Waals surface area contributed by atoms with Gasteiger partial charge in [-0.25, -0.2) is 8.78 Å². The minimum absolute atomic E-state index is 0.00151. The monoisotopic (exact) mass is 516 g/mol. The molecular formula is C27H24Cl2F2N2O2. The van der Waals surface area contributed by atoms with Crippen molar-refractivity contribution in [2.75, 3.05) is 31.6 Å². The Morgan fingerprint density at radius 1 is 0.971 bits per heavy atom. The maximum absolute atomic E-state index is 13.8. The van der Waals surface area contributed by atoms with Gasteiger partial charge in [0.15, 0.2) is 0 Å². The van der Waals surface area contributed by atoms with E-state index in [1.807, 2.05) is 36.4 Å². The van der Waals surface area contributed by atoms with Crippen LogP contribution in [-0.4, -0.2) is 37.6 Å². The summed E-state index contributed by atoms with van der Waals surface area (Å²) in [6, 6.07) is 14.3. The number of anilines is 1. The molecule has 1 saturated heterocycles. The highest BCUT2D eigenvalue weighted by atomic mass is 35.5. The molecule has 2 aliphatic heterocycles. The molecule has 182 valence electrons. The van der Waals surface area contributed by atoms with Crippen molar-refractivity contribution in [2.45, 2.75) is 24.8 Å². The summed E-state index contributed by atoms with van der Waals surface area (Å²) in [4.78, 5) is 17.4. The van der Waals surface area contributed by atoms with Crippen LogP contribution in [0.15, 0.2) is 54.6 Å². The molecule has 0 unspecified atom stereocenters. The Balaban J connectivity index is 1.41. The van der Waals surface area contributed by atoms with Gasteiger partial charge in [-0.2, -0.15) is 0 Å². The SMILES string of the molecule is COc1ccc2c(c1)C1(CCN(Cc3ccc(Cl)c(Cl)c3)CC1)CN2C(=O)c1cc(F)cc(F)c1. The molecule has 0 N–H and O–H groups in total. The first kappa shape index (κ1) is 24.0. The van der Waals surface area contributed by atoms with Crippen LogP contribution in [0, 0.1) is 11.6 Å². The van der Waals surface area contributed by atoms with Crippen LogP contribution in [0.3, 0.4) is 0 Å². The Morgan fingerprint density at radius 3 is 2.34 bits per heavy atom. The van der Waals surface area contributed by atoms with E-state index in [2.05, 4.69) is 4.90 Å². The second-order valence-corrected chi connectivity index (χ2v) is 10.1. The number of hydrogen-bond acceptors (Lipinski definition) is 3. The summed E-state index contributed by atoms with van der Waals surface area (Å²) in [5.74, 6) is -1.24. The average molecular weight is 517 g/mol. The number of carbonyl (C=O) groups excluding carboxylic acids is 1. The van der Waals surface area contributed by atoms with Gasteiger partial charge < -0.3 is 9.64 Å². The predicted molar refractivity (Wildman–Crippen MR) is 134 cm³/mol. The second kappa shape index (κ2) is 9.41. The van der Waals surface area contributed by atoms with Crippen LogP contribution in [0.1, 0.15) is 34.3 Å². The van der Waals surface area contributed by atoms with E-state index < -0.39 is 17.5 Å². The van der Waals surface area contributed by atoms with E-state index in [1.165, 1.54) is 0 Å². The average Bonchev–Trinajstić information content (AvgIpc) is 3.15. The van der Waals surface area contributed by atoms with Crippen LogP contribution < -0.4 is 9.64 Å². The van der Waals surface area contributed by atoms with Crippen molar-refractivity contribution in [2.24, 2.45) is 0 Å². The number of likely N-dealkylation sites (tertiary alicyclic amines) is 1. The van der Waals surface area contributed by atoms with Crippen LogP contribution in [0.5, 0.6) is 5.75 Å². The number of methoxy groups -OCH3 is 1. The third-order valence-electron chi connectivity index (χ3n) is 7.08. The van der Waals surface area contributed by atoms with Crippen LogP contribution in [0.2, 0.25) is 10.0 Å². The zero-order valence-electron chi connectivity index (χ0n) is 19.2. The molecule has 0 aliphatic carbocycles. The number of benzene rings is 3. The van der Waals surface area contributed by atoms with Gasteiger partial charge in [0.1, 0.15) is 17.4 Å². The third kappa shape index (κ3) is 4.63. The lowest BCUT2D eigenvalue weighted by Gasteiger charge is -2.40. The molecule has 0 saturated carbocycles. The van der Waals surface area contributed by atoms with Gasteiger partial charge in [0, 0.05) is 35.8 Å². The van der Waals surface area contributed by atoms with Crippen LogP contribution in [-0.2, 0) is 12.0 Å². The van der Waals surface area contributed by atoms with E-state index >= 15 is 0 Å². The first-order valence-corrected chi connectivity index (χ1v) is 12.2. The topological polar surface area (TPSA) is 32.8 Å². The lowest BCUT2D eigenvalue weighted by Crippen LogP contribution is -2.45. The first-order chi connectivity index (χ1) is 16.8. The van der Waals surface area contributed by atoms with Gasteiger partial charge >= 0.3 is 0 Å². The van der Waals surface area contributed by atoms with Crippen molar-refractivity contribution in [3.8, 4) is 5.75 Å². The van der Waals surface area contributed by atoms with Crippen molar-refractivity contribution < 1.29 is 18.3 Å². The molecule has 3 aromatic carbocycles. The number of fused-ring (bicyclic) bond motifs is 2. The van der Waals surface area contributed by atoms with E-state index in [9.17, 15) is 13.6 Å². The van der Waals surface area contributed by atoms with Gasteiger partial charge in [-0.1, -0.05) is 29.3 Å². The Hall–Kier alpha value is -2.67. The molecule has 5 rings (SSSR count). The maximum Gasteiger partial charge on any atom is 0.258 e.